The smallest absolute Gasteiger partial charge is 0.0241 e. The highest BCUT2D eigenvalue weighted by Gasteiger charge is 2.18. The van der Waals surface area contributed by atoms with Crippen molar-refractivity contribution in [1.82, 2.24) is 0 Å². The van der Waals surface area contributed by atoms with E-state index < -0.39 is 0 Å². The molecule has 4 nitrogen and oxygen atoms in total. The molecule has 0 bridgehead atoms. The SMILES string of the molecule is CC(N)CCC(N)CC1=CC(N)CC(N)C1. The quantitative estimate of drug-likeness (QED) is 0.503. The van der Waals surface area contributed by atoms with E-state index in [2.05, 4.69) is 6.08 Å². The van der Waals surface area contributed by atoms with Crippen LogP contribution in [0.3, 0.4) is 0 Å². The first kappa shape index (κ1) is 13.6. The second-order valence-corrected chi connectivity index (χ2v) is 5.21. The van der Waals surface area contributed by atoms with Crippen LogP contribution in [0.2, 0.25) is 0 Å². The van der Waals surface area contributed by atoms with Gasteiger partial charge in [0.2, 0.25) is 0 Å². The Hall–Kier alpha value is -0.420. The molecule has 0 fully saturated rings. The Kier molecular flexibility index (Phi) is 5.41. The Labute approximate surface area is 98.4 Å². The third kappa shape index (κ3) is 5.07. The van der Waals surface area contributed by atoms with Gasteiger partial charge in [0, 0.05) is 24.2 Å². The maximum absolute atomic E-state index is 6.07. The summed E-state index contributed by atoms with van der Waals surface area (Å²) in [6.07, 6.45) is 6.83. The van der Waals surface area contributed by atoms with E-state index in [0.717, 1.165) is 32.1 Å². The highest BCUT2D eigenvalue weighted by Crippen LogP contribution is 2.21. The fourth-order valence-corrected chi connectivity index (χ4v) is 2.28. The van der Waals surface area contributed by atoms with E-state index in [1.165, 1.54) is 5.57 Å². The monoisotopic (exact) mass is 226 g/mol. The maximum atomic E-state index is 6.07. The molecule has 0 radical (unpaired) electrons. The molecular formula is C12H26N4. The van der Waals surface area contributed by atoms with Gasteiger partial charge in [0.1, 0.15) is 0 Å². The van der Waals surface area contributed by atoms with E-state index >= 15 is 0 Å². The Morgan fingerprint density at radius 2 is 2.00 bits per heavy atom. The van der Waals surface area contributed by atoms with E-state index in [0.29, 0.717) is 0 Å². The van der Waals surface area contributed by atoms with Crippen molar-refractivity contribution in [2.45, 2.75) is 63.2 Å². The molecule has 0 heterocycles. The van der Waals surface area contributed by atoms with Gasteiger partial charge in [-0.3, -0.25) is 0 Å². The molecule has 4 atom stereocenters. The van der Waals surface area contributed by atoms with Crippen molar-refractivity contribution < 1.29 is 0 Å². The van der Waals surface area contributed by atoms with Crippen molar-refractivity contribution in [3.8, 4) is 0 Å². The standard InChI is InChI=1S/C12H26N4/c1-8(13)2-3-10(14)4-9-5-11(15)7-12(16)6-9/h5,8,10-12H,2-4,6-7,13-16H2,1H3. The van der Waals surface area contributed by atoms with Gasteiger partial charge in [-0.25, -0.2) is 0 Å². The number of hydrogen-bond donors (Lipinski definition) is 4. The number of hydrogen-bond acceptors (Lipinski definition) is 4. The zero-order valence-corrected chi connectivity index (χ0v) is 10.2. The summed E-state index contributed by atoms with van der Waals surface area (Å²) in [4.78, 5) is 0. The summed E-state index contributed by atoms with van der Waals surface area (Å²) < 4.78 is 0. The van der Waals surface area contributed by atoms with Gasteiger partial charge in [-0.05, 0) is 39.0 Å². The lowest BCUT2D eigenvalue weighted by Gasteiger charge is -2.25. The predicted molar refractivity (Wildman–Crippen MR) is 68.7 cm³/mol. The van der Waals surface area contributed by atoms with Crippen molar-refractivity contribution in [1.29, 1.82) is 0 Å². The zero-order chi connectivity index (χ0) is 12.1. The van der Waals surface area contributed by atoms with Crippen LogP contribution in [0.25, 0.3) is 0 Å². The van der Waals surface area contributed by atoms with Crippen molar-refractivity contribution in [2.24, 2.45) is 22.9 Å². The highest BCUT2D eigenvalue weighted by atomic mass is 14.7. The molecule has 0 saturated heterocycles. The third-order valence-corrected chi connectivity index (χ3v) is 3.07. The minimum absolute atomic E-state index is 0.111. The number of rotatable bonds is 5. The summed E-state index contributed by atoms with van der Waals surface area (Å²) in [6.45, 7) is 2.01. The minimum atomic E-state index is 0.111. The minimum Gasteiger partial charge on any atom is -0.328 e. The summed E-state index contributed by atoms with van der Waals surface area (Å²) >= 11 is 0. The van der Waals surface area contributed by atoms with Crippen LogP contribution in [0.15, 0.2) is 11.6 Å². The lowest BCUT2D eigenvalue weighted by molar-refractivity contribution is 0.491. The van der Waals surface area contributed by atoms with Gasteiger partial charge in [0.05, 0.1) is 0 Å². The first-order valence-corrected chi connectivity index (χ1v) is 6.19. The average Bonchev–Trinajstić information content (AvgIpc) is 2.12. The summed E-state index contributed by atoms with van der Waals surface area (Å²) in [5.41, 5.74) is 24.9. The van der Waals surface area contributed by atoms with Crippen LogP contribution in [0.5, 0.6) is 0 Å². The van der Waals surface area contributed by atoms with Gasteiger partial charge in [-0.2, -0.15) is 0 Å². The largest absolute Gasteiger partial charge is 0.328 e. The molecule has 4 heteroatoms. The van der Waals surface area contributed by atoms with Crippen molar-refractivity contribution >= 4 is 0 Å². The fraction of sp³-hybridized carbons (Fsp3) is 0.833. The van der Waals surface area contributed by atoms with Gasteiger partial charge < -0.3 is 22.9 Å². The highest BCUT2D eigenvalue weighted by molar-refractivity contribution is 5.14. The van der Waals surface area contributed by atoms with Gasteiger partial charge in [0.25, 0.3) is 0 Å². The molecule has 0 amide bonds. The fourth-order valence-electron chi connectivity index (χ4n) is 2.28. The Morgan fingerprint density at radius 3 is 2.56 bits per heavy atom. The number of nitrogens with two attached hydrogens (primary N) is 4. The second kappa shape index (κ2) is 6.35. The van der Waals surface area contributed by atoms with Gasteiger partial charge >= 0.3 is 0 Å². The molecule has 1 aliphatic rings. The summed E-state index contributed by atoms with van der Waals surface area (Å²) in [5, 5.41) is 0. The van der Waals surface area contributed by atoms with Crippen molar-refractivity contribution in [3.05, 3.63) is 11.6 Å². The summed E-state index contributed by atoms with van der Waals surface area (Å²) in [6, 6.07) is 0.737. The maximum Gasteiger partial charge on any atom is 0.0241 e. The third-order valence-electron chi connectivity index (χ3n) is 3.07. The second-order valence-electron chi connectivity index (χ2n) is 5.21. The molecule has 0 aromatic carbocycles. The molecular weight excluding hydrogens is 200 g/mol. The lowest BCUT2D eigenvalue weighted by atomic mass is 9.88. The Balaban J connectivity index is 2.35. The van der Waals surface area contributed by atoms with Crippen LogP contribution in [-0.4, -0.2) is 24.2 Å². The van der Waals surface area contributed by atoms with Gasteiger partial charge in [-0.1, -0.05) is 11.6 Å². The Bertz CT molecular complexity index is 237. The van der Waals surface area contributed by atoms with Crippen LogP contribution >= 0.6 is 0 Å². The van der Waals surface area contributed by atoms with Crippen LogP contribution < -0.4 is 22.9 Å². The molecule has 94 valence electrons. The molecule has 1 aliphatic carbocycles. The first-order valence-electron chi connectivity index (χ1n) is 6.19. The van der Waals surface area contributed by atoms with E-state index in [4.69, 9.17) is 22.9 Å². The predicted octanol–water partition coefficient (Wildman–Crippen LogP) is 0.206. The molecule has 0 spiro atoms. The van der Waals surface area contributed by atoms with Crippen LogP contribution in [-0.2, 0) is 0 Å². The van der Waals surface area contributed by atoms with Crippen LogP contribution in [0, 0.1) is 0 Å². The van der Waals surface area contributed by atoms with E-state index in [9.17, 15) is 0 Å². The molecule has 0 aliphatic heterocycles. The summed E-state index contributed by atoms with van der Waals surface area (Å²) in [5.74, 6) is 0. The first-order chi connectivity index (χ1) is 7.47. The topological polar surface area (TPSA) is 104 Å². The van der Waals surface area contributed by atoms with Gasteiger partial charge in [0.15, 0.2) is 0 Å². The molecule has 0 aromatic heterocycles. The van der Waals surface area contributed by atoms with Gasteiger partial charge in [-0.15, -0.1) is 0 Å². The molecule has 16 heavy (non-hydrogen) atoms. The molecule has 0 saturated carbocycles. The lowest BCUT2D eigenvalue weighted by Crippen LogP contribution is -2.35. The Morgan fingerprint density at radius 1 is 1.31 bits per heavy atom. The van der Waals surface area contributed by atoms with Crippen LogP contribution in [0.1, 0.15) is 39.0 Å². The molecule has 0 aromatic rings. The average molecular weight is 226 g/mol. The zero-order valence-electron chi connectivity index (χ0n) is 10.2. The van der Waals surface area contributed by atoms with Crippen molar-refractivity contribution in [3.63, 3.8) is 0 Å². The molecule has 8 N–H and O–H groups in total. The normalized spacial score (nSPS) is 29.7. The van der Waals surface area contributed by atoms with Crippen LogP contribution in [0.4, 0.5) is 0 Å². The van der Waals surface area contributed by atoms with E-state index in [1.807, 2.05) is 6.92 Å². The van der Waals surface area contributed by atoms with Crippen molar-refractivity contribution in [2.75, 3.05) is 0 Å². The van der Waals surface area contributed by atoms with E-state index in [1.54, 1.807) is 0 Å². The summed E-state index contributed by atoms with van der Waals surface area (Å²) in [7, 11) is 0. The molecule has 1 rings (SSSR count). The van der Waals surface area contributed by atoms with E-state index in [-0.39, 0.29) is 24.2 Å². The molecule has 4 unspecified atom stereocenters.